The second kappa shape index (κ2) is 4.01. The third kappa shape index (κ3) is 2.84. The van der Waals surface area contributed by atoms with Crippen LogP contribution in [0.25, 0.3) is 0 Å². The Morgan fingerprint density at radius 3 is 2.42 bits per heavy atom. The third-order valence-electron chi connectivity index (χ3n) is 1.31. The van der Waals surface area contributed by atoms with Crippen LogP contribution in [0.15, 0.2) is 12.7 Å². The Labute approximate surface area is 70.8 Å². The van der Waals surface area contributed by atoms with E-state index >= 15 is 0 Å². The van der Waals surface area contributed by atoms with Gasteiger partial charge in [-0.05, 0) is 13.8 Å². The minimum absolute atomic E-state index is 0.365. The van der Waals surface area contributed by atoms with E-state index in [9.17, 15) is 9.59 Å². The van der Waals surface area contributed by atoms with Crippen molar-refractivity contribution in [2.45, 2.75) is 13.8 Å². The molecule has 0 spiro atoms. The summed E-state index contributed by atoms with van der Waals surface area (Å²) in [5, 5.41) is 8.71. The molecule has 0 aromatic heterocycles. The van der Waals surface area contributed by atoms with E-state index in [-0.39, 0.29) is 6.61 Å². The molecule has 0 saturated heterocycles. The van der Waals surface area contributed by atoms with Gasteiger partial charge in [-0.3, -0.25) is 4.79 Å². The topological polar surface area (TPSA) is 63.6 Å². The quantitative estimate of drug-likeness (QED) is 0.377. The van der Waals surface area contributed by atoms with Gasteiger partial charge in [-0.2, -0.15) is 0 Å². The van der Waals surface area contributed by atoms with Crippen molar-refractivity contribution in [1.82, 2.24) is 0 Å². The zero-order valence-electron chi connectivity index (χ0n) is 7.16. The minimum atomic E-state index is -1.04. The van der Waals surface area contributed by atoms with Gasteiger partial charge in [0.25, 0.3) is 0 Å². The molecule has 4 heteroatoms. The van der Waals surface area contributed by atoms with E-state index in [4.69, 9.17) is 5.11 Å². The maximum absolute atomic E-state index is 11.0. The highest BCUT2D eigenvalue weighted by molar-refractivity contribution is 5.93. The summed E-state index contributed by atoms with van der Waals surface area (Å²) in [6.07, 6.45) is 0.894. The number of hydrogen-bond donors (Lipinski definition) is 1. The van der Waals surface area contributed by atoms with Crippen LogP contribution in [0.3, 0.4) is 0 Å². The summed E-state index contributed by atoms with van der Waals surface area (Å²) in [7, 11) is 0. The standard InChI is InChI=1S/C8H12O4/c1-4-6(10)12-7(11)8(2,3)5-9/h4,9H,1,5H2,2-3H3. The van der Waals surface area contributed by atoms with Gasteiger partial charge >= 0.3 is 11.9 Å². The number of ether oxygens (including phenoxy) is 1. The highest BCUT2D eigenvalue weighted by atomic mass is 16.6. The molecule has 0 rings (SSSR count). The van der Waals surface area contributed by atoms with Crippen molar-refractivity contribution in [3.8, 4) is 0 Å². The lowest BCUT2D eigenvalue weighted by molar-refractivity contribution is -0.164. The molecule has 0 radical (unpaired) electrons. The van der Waals surface area contributed by atoms with Gasteiger partial charge in [-0.25, -0.2) is 4.79 Å². The fourth-order valence-electron chi connectivity index (χ4n) is 0.336. The average Bonchev–Trinajstić information content (AvgIpc) is 2.04. The Morgan fingerprint density at radius 1 is 1.58 bits per heavy atom. The van der Waals surface area contributed by atoms with Gasteiger partial charge in [0, 0.05) is 6.08 Å². The summed E-state index contributed by atoms with van der Waals surface area (Å²) >= 11 is 0. The molecule has 0 aromatic rings. The van der Waals surface area contributed by atoms with Crippen LogP contribution in [-0.4, -0.2) is 23.7 Å². The molecule has 1 N–H and O–H groups in total. The van der Waals surface area contributed by atoms with E-state index in [0.717, 1.165) is 6.08 Å². The molecule has 4 nitrogen and oxygen atoms in total. The maximum Gasteiger partial charge on any atom is 0.337 e. The maximum atomic E-state index is 11.0. The number of carbonyl (C=O) groups excluding carboxylic acids is 2. The van der Waals surface area contributed by atoms with Crippen molar-refractivity contribution in [2.75, 3.05) is 6.61 Å². The Hall–Kier alpha value is -1.16. The fourth-order valence-corrected chi connectivity index (χ4v) is 0.336. The molecular formula is C8H12O4. The van der Waals surface area contributed by atoms with E-state index in [1.54, 1.807) is 0 Å². The molecule has 12 heavy (non-hydrogen) atoms. The largest absolute Gasteiger partial charge is 0.395 e. The second-order valence-corrected chi connectivity index (χ2v) is 2.95. The molecule has 0 amide bonds. The lowest BCUT2D eigenvalue weighted by Crippen LogP contribution is -2.31. The summed E-state index contributed by atoms with van der Waals surface area (Å²) in [4.78, 5) is 21.6. The normalized spacial score (nSPS) is 10.6. The Morgan fingerprint density at radius 2 is 2.08 bits per heavy atom. The molecule has 0 fully saturated rings. The van der Waals surface area contributed by atoms with Crippen molar-refractivity contribution < 1.29 is 19.4 Å². The van der Waals surface area contributed by atoms with E-state index < -0.39 is 17.4 Å². The van der Waals surface area contributed by atoms with Crippen LogP contribution in [-0.2, 0) is 14.3 Å². The summed E-state index contributed by atoms with van der Waals surface area (Å²) in [6, 6.07) is 0. The van der Waals surface area contributed by atoms with E-state index in [1.165, 1.54) is 13.8 Å². The molecule has 0 aromatic carbocycles. The third-order valence-corrected chi connectivity index (χ3v) is 1.31. The lowest BCUT2D eigenvalue weighted by atomic mass is 9.95. The van der Waals surface area contributed by atoms with Crippen LogP contribution in [0.5, 0.6) is 0 Å². The van der Waals surface area contributed by atoms with E-state index in [1.807, 2.05) is 0 Å². The first-order valence-corrected chi connectivity index (χ1v) is 3.43. The van der Waals surface area contributed by atoms with Crippen molar-refractivity contribution in [2.24, 2.45) is 5.41 Å². The first-order chi connectivity index (χ1) is 5.44. The molecule has 0 aliphatic carbocycles. The SMILES string of the molecule is C=CC(=O)OC(=O)C(C)(C)CO. The molecule has 0 bridgehead atoms. The van der Waals surface area contributed by atoms with E-state index in [0.29, 0.717) is 0 Å². The number of aliphatic hydroxyl groups is 1. The van der Waals surface area contributed by atoms with Gasteiger partial charge in [-0.15, -0.1) is 0 Å². The summed E-state index contributed by atoms with van der Waals surface area (Å²) < 4.78 is 4.30. The number of carbonyl (C=O) groups is 2. The Bertz CT molecular complexity index is 205. The fraction of sp³-hybridized carbons (Fsp3) is 0.500. The summed E-state index contributed by atoms with van der Waals surface area (Å²) in [6.45, 7) is 5.72. The molecule has 0 atom stereocenters. The zero-order chi connectivity index (χ0) is 9.78. The Balaban J connectivity index is 4.22. The number of hydrogen-bond acceptors (Lipinski definition) is 4. The first kappa shape index (κ1) is 10.8. The smallest absolute Gasteiger partial charge is 0.337 e. The predicted octanol–water partition coefficient (Wildman–Crippen LogP) is 0.261. The molecule has 0 aliphatic rings. The van der Waals surface area contributed by atoms with Crippen molar-refractivity contribution in [1.29, 1.82) is 0 Å². The molecule has 0 unspecified atom stereocenters. The Kier molecular flexibility index (Phi) is 3.63. The summed E-state index contributed by atoms with van der Waals surface area (Å²) in [5.74, 6) is -1.56. The highest BCUT2D eigenvalue weighted by Gasteiger charge is 2.29. The molecule has 0 heterocycles. The predicted molar refractivity (Wildman–Crippen MR) is 42.2 cm³/mol. The molecule has 0 aliphatic heterocycles. The van der Waals surface area contributed by atoms with Crippen molar-refractivity contribution in [3.63, 3.8) is 0 Å². The van der Waals surface area contributed by atoms with Gasteiger partial charge in [-0.1, -0.05) is 6.58 Å². The summed E-state index contributed by atoms with van der Waals surface area (Å²) in [5.41, 5.74) is -1.04. The van der Waals surface area contributed by atoms with Gasteiger partial charge < -0.3 is 9.84 Å². The van der Waals surface area contributed by atoms with Crippen molar-refractivity contribution >= 4 is 11.9 Å². The van der Waals surface area contributed by atoms with Crippen LogP contribution in [0.2, 0.25) is 0 Å². The number of rotatable bonds is 3. The van der Waals surface area contributed by atoms with Gasteiger partial charge in [0.05, 0.1) is 12.0 Å². The molecule has 68 valence electrons. The first-order valence-electron chi connectivity index (χ1n) is 3.43. The molecule has 0 saturated carbocycles. The second-order valence-electron chi connectivity index (χ2n) is 2.95. The van der Waals surface area contributed by atoms with Crippen molar-refractivity contribution in [3.05, 3.63) is 12.7 Å². The van der Waals surface area contributed by atoms with Gasteiger partial charge in [0.15, 0.2) is 0 Å². The van der Waals surface area contributed by atoms with Crippen LogP contribution in [0.4, 0.5) is 0 Å². The number of aliphatic hydroxyl groups excluding tert-OH is 1. The van der Waals surface area contributed by atoms with Gasteiger partial charge in [0.1, 0.15) is 0 Å². The highest BCUT2D eigenvalue weighted by Crippen LogP contribution is 2.15. The van der Waals surface area contributed by atoms with Crippen LogP contribution < -0.4 is 0 Å². The number of esters is 2. The monoisotopic (exact) mass is 172 g/mol. The zero-order valence-corrected chi connectivity index (χ0v) is 7.16. The van der Waals surface area contributed by atoms with Crippen LogP contribution in [0.1, 0.15) is 13.8 Å². The molecular weight excluding hydrogens is 160 g/mol. The van der Waals surface area contributed by atoms with E-state index in [2.05, 4.69) is 11.3 Å². The van der Waals surface area contributed by atoms with Crippen LogP contribution >= 0.6 is 0 Å². The van der Waals surface area contributed by atoms with Crippen LogP contribution in [0, 0.1) is 5.41 Å². The van der Waals surface area contributed by atoms with Gasteiger partial charge in [0.2, 0.25) is 0 Å². The average molecular weight is 172 g/mol. The minimum Gasteiger partial charge on any atom is -0.395 e. The lowest BCUT2D eigenvalue weighted by Gasteiger charge is -2.17.